The predicted molar refractivity (Wildman–Crippen MR) is 124 cm³/mol. The Morgan fingerprint density at radius 1 is 1.03 bits per heavy atom. The lowest BCUT2D eigenvalue weighted by Crippen LogP contribution is -2.59. The van der Waals surface area contributed by atoms with Gasteiger partial charge in [0.1, 0.15) is 0 Å². The van der Waals surface area contributed by atoms with Crippen molar-refractivity contribution in [2.45, 2.75) is 67.8 Å². The molecule has 7 nitrogen and oxygen atoms in total. The summed E-state index contributed by atoms with van der Waals surface area (Å²) in [6.45, 7) is 0.549. The van der Waals surface area contributed by atoms with Gasteiger partial charge in [0.15, 0.2) is 0 Å². The fourth-order valence-electron chi connectivity index (χ4n) is 5.89. The number of amides is 2. The lowest BCUT2D eigenvalue weighted by Gasteiger charge is -2.50. The molecular formula is C25H30F3N5O2. The summed E-state index contributed by atoms with van der Waals surface area (Å²) in [4.78, 5) is 23.8. The monoisotopic (exact) mass is 489 g/mol. The second-order valence-electron chi connectivity index (χ2n) is 10.2. The maximum Gasteiger partial charge on any atom is 0.451 e. The number of hydrogen-bond acceptors (Lipinski definition) is 5. The van der Waals surface area contributed by atoms with Crippen LogP contribution in [0.25, 0.3) is 0 Å². The number of rotatable bonds is 5. The summed E-state index contributed by atoms with van der Waals surface area (Å²) in [5.41, 5.74) is -0.232. The SMILES string of the molecule is CN[C@]1(c2ccccc2)CC[C@]2(CC1)CN(c1cnc(C(F)(F)F)nc1)C(=O)N2CC1(O)CCC1. The maximum atomic E-state index is 13.6. The van der Waals surface area contributed by atoms with Crippen molar-refractivity contribution in [3.8, 4) is 0 Å². The van der Waals surface area contributed by atoms with Gasteiger partial charge in [-0.05, 0) is 57.6 Å². The number of carbonyl (C=O) groups is 1. The largest absolute Gasteiger partial charge is 0.451 e. The summed E-state index contributed by atoms with van der Waals surface area (Å²) in [6.07, 6.45) is 2.64. The summed E-state index contributed by atoms with van der Waals surface area (Å²) in [5.74, 6) is -1.23. The summed E-state index contributed by atoms with van der Waals surface area (Å²) >= 11 is 0. The van der Waals surface area contributed by atoms with Crippen molar-refractivity contribution in [3.05, 3.63) is 54.1 Å². The zero-order chi connectivity index (χ0) is 24.9. The third-order valence-electron chi connectivity index (χ3n) is 8.27. The molecule has 2 N–H and O–H groups in total. The number of aliphatic hydroxyl groups is 1. The van der Waals surface area contributed by atoms with E-state index in [4.69, 9.17) is 0 Å². The van der Waals surface area contributed by atoms with Crippen molar-refractivity contribution in [3.63, 3.8) is 0 Å². The Balaban J connectivity index is 1.44. The first-order chi connectivity index (χ1) is 16.6. The van der Waals surface area contributed by atoms with Crippen LogP contribution >= 0.6 is 0 Å². The molecule has 3 aliphatic rings. The topological polar surface area (TPSA) is 81.6 Å². The molecule has 0 unspecified atom stereocenters. The van der Waals surface area contributed by atoms with Gasteiger partial charge in [0.2, 0.25) is 5.82 Å². The molecule has 0 atom stereocenters. The second kappa shape index (κ2) is 8.44. The van der Waals surface area contributed by atoms with E-state index in [0.717, 1.165) is 31.7 Å². The van der Waals surface area contributed by atoms with Crippen LogP contribution < -0.4 is 10.2 Å². The minimum Gasteiger partial charge on any atom is -0.388 e. The van der Waals surface area contributed by atoms with E-state index >= 15 is 0 Å². The summed E-state index contributed by atoms with van der Waals surface area (Å²) in [7, 11) is 1.95. The van der Waals surface area contributed by atoms with Gasteiger partial charge in [-0.25, -0.2) is 14.8 Å². The van der Waals surface area contributed by atoms with Gasteiger partial charge in [0.05, 0.1) is 42.3 Å². The molecule has 5 rings (SSSR count). The molecule has 188 valence electrons. The van der Waals surface area contributed by atoms with Crippen molar-refractivity contribution >= 4 is 11.7 Å². The smallest absolute Gasteiger partial charge is 0.388 e. The average molecular weight is 490 g/mol. The molecular weight excluding hydrogens is 459 g/mol. The number of anilines is 1. The number of β-amino-alcohol motifs (C(OH)–C–C–N with tert-alkyl or cyclic N) is 1. The van der Waals surface area contributed by atoms with E-state index in [1.807, 2.05) is 25.2 Å². The zero-order valence-corrected chi connectivity index (χ0v) is 19.7. The molecule has 2 aromatic rings. The van der Waals surface area contributed by atoms with E-state index in [1.54, 1.807) is 4.90 Å². The summed E-state index contributed by atoms with van der Waals surface area (Å²) < 4.78 is 38.9. The van der Waals surface area contributed by atoms with Crippen molar-refractivity contribution in [2.24, 2.45) is 0 Å². The third-order valence-corrected chi connectivity index (χ3v) is 8.27. The van der Waals surface area contributed by atoms with Crippen molar-refractivity contribution in [2.75, 3.05) is 25.0 Å². The van der Waals surface area contributed by atoms with Gasteiger partial charge in [-0.15, -0.1) is 0 Å². The van der Waals surface area contributed by atoms with Gasteiger partial charge in [-0.1, -0.05) is 30.3 Å². The molecule has 1 aromatic heterocycles. The highest BCUT2D eigenvalue weighted by Crippen LogP contribution is 2.48. The molecule has 1 spiro atoms. The Hall–Kier alpha value is -2.72. The van der Waals surface area contributed by atoms with Gasteiger partial charge in [-0.3, -0.25) is 4.90 Å². The maximum absolute atomic E-state index is 13.6. The first-order valence-corrected chi connectivity index (χ1v) is 12.1. The number of nitrogens with one attached hydrogen (secondary N) is 1. The van der Waals surface area contributed by atoms with Crippen LogP contribution in [0.15, 0.2) is 42.7 Å². The highest BCUT2D eigenvalue weighted by atomic mass is 19.4. The first-order valence-electron chi connectivity index (χ1n) is 12.1. The number of halogens is 3. The highest BCUT2D eigenvalue weighted by molar-refractivity contribution is 5.95. The van der Waals surface area contributed by atoms with Crippen LogP contribution in [0.3, 0.4) is 0 Å². The Morgan fingerprint density at radius 2 is 1.66 bits per heavy atom. The fraction of sp³-hybridized carbons (Fsp3) is 0.560. The van der Waals surface area contributed by atoms with Crippen LogP contribution in [0.1, 0.15) is 56.3 Å². The van der Waals surface area contributed by atoms with Crippen molar-refractivity contribution < 1.29 is 23.1 Å². The first kappa shape index (κ1) is 24.0. The third kappa shape index (κ3) is 4.16. The molecule has 10 heteroatoms. The van der Waals surface area contributed by atoms with Gasteiger partial charge in [0, 0.05) is 5.54 Å². The Morgan fingerprint density at radius 3 is 2.17 bits per heavy atom. The Kier molecular flexibility index (Phi) is 5.79. The van der Waals surface area contributed by atoms with E-state index in [0.29, 0.717) is 32.2 Å². The molecule has 35 heavy (non-hydrogen) atoms. The van der Waals surface area contributed by atoms with Crippen LogP contribution in [0.2, 0.25) is 0 Å². The van der Waals surface area contributed by atoms with Crippen molar-refractivity contribution in [1.82, 2.24) is 20.2 Å². The lowest BCUT2D eigenvalue weighted by atomic mass is 9.68. The second-order valence-corrected chi connectivity index (χ2v) is 10.2. The highest BCUT2D eigenvalue weighted by Gasteiger charge is 2.56. The molecule has 0 radical (unpaired) electrons. The zero-order valence-electron chi connectivity index (χ0n) is 19.7. The normalized spacial score (nSPS) is 28.4. The lowest BCUT2D eigenvalue weighted by molar-refractivity contribution is -0.144. The predicted octanol–water partition coefficient (Wildman–Crippen LogP) is 4.08. The quantitative estimate of drug-likeness (QED) is 0.662. The molecule has 2 saturated carbocycles. The van der Waals surface area contributed by atoms with Crippen molar-refractivity contribution in [1.29, 1.82) is 0 Å². The van der Waals surface area contributed by atoms with Crippen LogP contribution in [0.4, 0.5) is 23.7 Å². The number of aromatic nitrogens is 2. The Bertz CT molecular complexity index is 1060. The fourth-order valence-corrected chi connectivity index (χ4v) is 5.89. The summed E-state index contributed by atoms with van der Waals surface area (Å²) in [5, 5.41) is 14.4. The standard InChI is InChI=1S/C25H30F3N5O2/c1-29-24(18-6-3-2-4-7-18)12-10-22(11-13-24)16-32(19-14-30-20(31-15-19)25(26,27)28)21(34)33(22)17-23(35)8-5-9-23/h2-4,6-7,14-15,29,35H,5,8-13,16-17H2,1H3/t22-,24+. The minimum absolute atomic E-state index is 0.223. The number of alkyl halides is 3. The van der Waals surface area contributed by atoms with Gasteiger partial charge in [-0.2, -0.15) is 13.2 Å². The number of nitrogens with zero attached hydrogens (tertiary/aromatic N) is 4. The molecule has 2 amide bonds. The van der Waals surface area contributed by atoms with E-state index in [9.17, 15) is 23.1 Å². The van der Waals surface area contributed by atoms with E-state index in [2.05, 4.69) is 27.4 Å². The summed E-state index contributed by atoms with van der Waals surface area (Å²) in [6, 6.07) is 9.91. The number of carbonyl (C=O) groups excluding carboxylic acids is 1. The van der Waals surface area contributed by atoms with E-state index < -0.39 is 23.1 Å². The molecule has 1 aliphatic heterocycles. The van der Waals surface area contributed by atoms with Crippen LogP contribution in [-0.4, -0.2) is 57.3 Å². The van der Waals surface area contributed by atoms with E-state index in [-0.39, 0.29) is 23.8 Å². The molecule has 3 fully saturated rings. The van der Waals surface area contributed by atoms with E-state index in [1.165, 1.54) is 10.5 Å². The molecule has 2 aliphatic carbocycles. The van der Waals surface area contributed by atoms with Crippen LogP contribution in [-0.2, 0) is 11.7 Å². The number of benzene rings is 1. The molecule has 2 heterocycles. The number of hydrogen-bond donors (Lipinski definition) is 2. The van der Waals surface area contributed by atoms with Gasteiger partial charge < -0.3 is 15.3 Å². The number of urea groups is 1. The minimum atomic E-state index is -4.65. The Labute approximate surface area is 202 Å². The molecule has 1 saturated heterocycles. The van der Waals surface area contributed by atoms with Gasteiger partial charge >= 0.3 is 12.2 Å². The van der Waals surface area contributed by atoms with Crippen LogP contribution in [0.5, 0.6) is 0 Å². The molecule has 0 bridgehead atoms. The van der Waals surface area contributed by atoms with Crippen LogP contribution in [0, 0.1) is 0 Å². The van der Waals surface area contributed by atoms with Gasteiger partial charge in [0.25, 0.3) is 0 Å². The molecule has 1 aromatic carbocycles. The average Bonchev–Trinajstić information content (AvgIpc) is 3.10.